The maximum Gasteiger partial charge on any atom is 0.268 e. The van der Waals surface area contributed by atoms with Crippen LogP contribution in [0, 0.1) is 13.8 Å². The first-order valence-electron chi connectivity index (χ1n) is 5.56. The molecule has 19 heavy (non-hydrogen) atoms. The van der Waals surface area contributed by atoms with E-state index in [0.29, 0.717) is 5.69 Å². The van der Waals surface area contributed by atoms with Crippen molar-refractivity contribution in [1.82, 2.24) is 14.8 Å². The molecule has 0 aliphatic heterocycles. The second-order valence-corrected chi connectivity index (χ2v) is 5.82. The molecule has 0 fully saturated rings. The third-order valence-electron chi connectivity index (χ3n) is 2.81. The first kappa shape index (κ1) is 13.3. The van der Waals surface area contributed by atoms with Crippen molar-refractivity contribution in [3.05, 3.63) is 29.6 Å². The molecule has 0 saturated heterocycles. The SMILES string of the molecule is Cc1cccnc1NS(=O)(=O)c1c(N)nn(C)c1C. The van der Waals surface area contributed by atoms with Crippen LogP contribution in [-0.4, -0.2) is 23.2 Å². The van der Waals surface area contributed by atoms with Gasteiger partial charge in [0.2, 0.25) is 0 Å². The predicted octanol–water partition coefficient (Wildman–Crippen LogP) is 0.815. The van der Waals surface area contributed by atoms with Gasteiger partial charge in [-0.3, -0.25) is 9.40 Å². The van der Waals surface area contributed by atoms with Gasteiger partial charge in [0.15, 0.2) is 10.7 Å². The number of nitrogen functional groups attached to an aromatic ring is 1. The van der Waals surface area contributed by atoms with Gasteiger partial charge in [-0.15, -0.1) is 0 Å². The molecule has 0 amide bonds. The monoisotopic (exact) mass is 281 g/mol. The number of hydrogen-bond acceptors (Lipinski definition) is 5. The molecule has 8 heteroatoms. The molecular weight excluding hydrogens is 266 g/mol. The van der Waals surface area contributed by atoms with Crippen LogP contribution in [-0.2, 0) is 17.1 Å². The zero-order valence-corrected chi connectivity index (χ0v) is 11.7. The van der Waals surface area contributed by atoms with E-state index in [9.17, 15) is 8.42 Å². The third kappa shape index (κ3) is 2.39. The van der Waals surface area contributed by atoms with Gasteiger partial charge in [0.05, 0.1) is 5.69 Å². The molecule has 2 rings (SSSR count). The van der Waals surface area contributed by atoms with Crippen LogP contribution in [0.2, 0.25) is 0 Å². The normalized spacial score (nSPS) is 11.5. The fourth-order valence-electron chi connectivity index (χ4n) is 1.72. The first-order chi connectivity index (χ1) is 8.83. The molecule has 102 valence electrons. The lowest BCUT2D eigenvalue weighted by Crippen LogP contribution is -2.16. The number of aromatic nitrogens is 3. The zero-order chi connectivity index (χ0) is 14.2. The lowest BCUT2D eigenvalue weighted by Gasteiger charge is -2.09. The van der Waals surface area contributed by atoms with Gasteiger partial charge in [-0.25, -0.2) is 13.4 Å². The van der Waals surface area contributed by atoms with E-state index in [2.05, 4.69) is 14.8 Å². The number of nitrogens with zero attached hydrogens (tertiary/aromatic N) is 3. The Kier molecular flexibility index (Phi) is 3.19. The van der Waals surface area contributed by atoms with Crippen molar-refractivity contribution in [2.75, 3.05) is 10.5 Å². The van der Waals surface area contributed by atoms with Crippen LogP contribution in [0.1, 0.15) is 11.3 Å². The molecule has 0 radical (unpaired) electrons. The quantitative estimate of drug-likeness (QED) is 0.866. The van der Waals surface area contributed by atoms with E-state index in [1.165, 1.54) is 10.9 Å². The molecule has 2 aromatic rings. The minimum atomic E-state index is -3.80. The molecule has 0 unspecified atom stereocenters. The summed E-state index contributed by atoms with van der Waals surface area (Å²) in [5, 5.41) is 3.90. The van der Waals surface area contributed by atoms with Crippen molar-refractivity contribution >= 4 is 21.7 Å². The van der Waals surface area contributed by atoms with Crippen LogP contribution in [0.4, 0.5) is 11.6 Å². The van der Waals surface area contributed by atoms with Gasteiger partial charge in [0.25, 0.3) is 10.0 Å². The molecule has 7 nitrogen and oxygen atoms in total. The van der Waals surface area contributed by atoms with Crippen LogP contribution >= 0.6 is 0 Å². The fourth-order valence-corrected chi connectivity index (χ4v) is 3.12. The van der Waals surface area contributed by atoms with Crippen molar-refractivity contribution < 1.29 is 8.42 Å². The average molecular weight is 281 g/mol. The number of hydrogen-bond donors (Lipinski definition) is 2. The summed E-state index contributed by atoms with van der Waals surface area (Å²) in [6, 6.07) is 3.50. The van der Waals surface area contributed by atoms with Crippen molar-refractivity contribution in [2.45, 2.75) is 18.7 Å². The summed E-state index contributed by atoms with van der Waals surface area (Å²) in [5.41, 5.74) is 6.85. The minimum Gasteiger partial charge on any atom is -0.381 e. The summed E-state index contributed by atoms with van der Waals surface area (Å²) in [4.78, 5) is 3.98. The Morgan fingerprint density at radius 3 is 2.58 bits per heavy atom. The fraction of sp³-hybridized carbons (Fsp3) is 0.273. The summed E-state index contributed by atoms with van der Waals surface area (Å²) in [5.74, 6) is 0.256. The summed E-state index contributed by atoms with van der Waals surface area (Å²) >= 11 is 0. The second-order valence-electron chi connectivity index (χ2n) is 4.20. The molecule has 0 bridgehead atoms. The largest absolute Gasteiger partial charge is 0.381 e. The highest BCUT2D eigenvalue weighted by Gasteiger charge is 2.25. The number of aryl methyl sites for hydroxylation is 2. The second kappa shape index (κ2) is 4.54. The van der Waals surface area contributed by atoms with Gasteiger partial charge >= 0.3 is 0 Å². The lowest BCUT2D eigenvalue weighted by molar-refractivity contribution is 0.600. The number of anilines is 2. The standard InChI is InChI=1S/C11H15N5O2S/c1-7-5-4-6-13-11(7)15-19(17,18)9-8(2)16(3)14-10(9)12/h4-6H,1-3H3,(H2,12,14)(H,13,15). The van der Waals surface area contributed by atoms with E-state index < -0.39 is 10.0 Å². The van der Waals surface area contributed by atoms with E-state index in [1.807, 2.05) is 0 Å². The summed E-state index contributed by atoms with van der Waals surface area (Å²) in [6.45, 7) is 3.41. The minimum absolute atomic E-state index is 0.0138. The van der Waals surface area contributed by atoms with Crippen LogP contribution in [0.25, 0.3) is 0 Å². The molecule has 2 aromatic heterocycles. The lowest BCUT2D eigenvalue weighted by atomic mass is 10.3. The summed E-state index contributed by atoms with van der Waals surface area (Å²) in [6.07, 6.45) is 1.52. The predicted molar refractivity (Wildman–Crippen MR) is 72.1 cm³/mol. The third-order valence-corrected chi connectivity index (χ3v) is 4.32. The molecule has 0 spiro atoms. The highest BCUT2D eigenvalue weighted by Crippen LogP contribution is 2.24. The Morgan fingerprint density at radius 2 is 2.05 bits per heavy atom. The smallest absolute Gasteiger partial charge is 0.268 e. The van der Waals surface area contributed by atoms with Gasteiger partial charge in [-0.1, -0.05) is 6.07 Å². The highest BCUT2D eigenvalue weighted by molar-refractivity contribution is 7.93. The Morgan fingerprint density at radius 1 is 1.37 bits per heavy atom. The number of nitrogens with one attached hydrogen (secondary N) is 1. The number of rotatable bonds is 3. The van der Waals surface area contributed by atoms with Crippen molar-refractivity contribution in [3.8, 4) is 0 Å². The van der Waals surface area contributed by atoms with Crippen molar-refractivity contribution in [1.29, 1.82) is 0 Å². The average Bonchev–Trinajstić information content (AvgIpc) is 2.56. The topological polar surface area (TPSA) is 103 Å². The van der Waals surface area contributed by atoms with E-state index in [1.54, 1.807) is 33.0 Å². The Balaban J connectivity index is 2.47. The van der Waals surface area contributed by atoms with Crippen LogP contribution < -0.4 is 10.5 Å². The maximum absolute atomic E-state index is 12.3. The van der Waals surface area contributed by atoms with Gasteiger partial charge < -0.3 is 5.73 Å². The van der Waals surface area contributed by atoms with E-state index in [4.69, 9.17) is 5.73 Å². The van der Waals surface area contributed by atoms with Gasteiger partial charge in [-0.05, 0) is 25.5 Å². The Labute approximate surface area is 111 Å². The molecule has 0 saturated carbocycles. The molecule has 0 aliphatic rings. The zero-order valence-electron chi connectivity index (χ0n) is 10.9. The number of nitrogens with two attached hydrogens (primary N) is 1. The van der Waals surface area contributed by atoms with Gasteiger partial charge in [-0.2, -0.15) is 5.10 Å². The summed E-state index contributed by atoms with van der Waals surface area (Å²) in [7, 11) is -2.16. The van der Waals surface area contributed by atoms with Crippen molar-refractivity contribution in [3.63, 3.8) is 0 Å². The van der Waals surface area contributed by atoms with E-state index in [0.717, 1.165) is 5.56 Å². The van der Waals surface area contributed by atoms with Crippen LogP contribution in [0.3, 0.4) is 0 Å². The molecular formula is C11H15N5O2S. The van der Waals surface area contributed by atoms with Gasteiger partial charge in [0.1, 0.15) is 5.82 Å². The Hall–Kier alpha value is -2.09. The van der Waals surface area contributed by atoms with E-state index in [-0.39, 0.29) is 16.5 Å². The highest BCUT2D eigenvalue weighted by atomic mass is 32.2. The Bertz CT molecular complexity index is 721. The first-order valence-corrected chi connectivity index (χ1v) is 7.04. The summed E-state index contributed by atoms with van der Waals surface area (Å²) < 4.78 is 28.5. The van der Waals surface area contributed by atoms with Crippen LogP contribution in [0.15, 0.2) is 23.2 Å². The maximum atomic E-state index is 12.3. The molecule has 0 aliphatic carbocycles. The molecule has 0 atom stereocenters. The van der Waals surface area contributed by atoms with E-state index >= 15 is 0 Å². The van der Waals surface area contributed by atoms with Gasteiger partial charge in [0, 0.05) is 13.2 Å². The van der Waals surface area contributed by atoms with Crippen LogP contribution in [0.5, 0.6) is 0 Å². The number of sulfonamides is 1. The van der Waals surface area contributed by atoms with Crippen molar-refractivity contribution in [2.24, 2.45) is 7.05 Å². The molecule has 3 N–H and O–H groups in total. The number of pyridine rings is 1. The molecule has 2 heterocycles. The molecule has 0 aromatic carbocycles.